The van der Waals surface area contributed by atoms with Crippen molar-refractivity contribution in [3.8, 4) is 5.75 Å². The first kappa shape index (κ1) is 15.9. The number of hydrogen-bond acceptors (Lipinski definition) is 6. The van der Waals surface area contributed by atoms with Crippen LogP contribution in [0.15, 0.2) is 23.0 Å². The van der Waals surface area contributed by atoms with Crippen LogP contribution in [0.3, 0.4) is 0 Å². The van der Waals surface area contributed by atoms with Crippen LogP contribution in [-0.4, -0.2) is 29.5 Å². The van der Waals surface area contributed by atoms with Gasteiger partial charge >= 0.3 is 0 Å². The van der Waals surface area contributed by atoms with Gasteiger partial charge in [-0.05, 0) is 13.0 Å². The summed E-state index contributed by atoms with van der Waals surface area (Å²) in [5, 5.41) is 15.7. The second-order valence-corrected chi connectivity index (χ2v) is 5.28. The van der Waals surface area contributed by atoms with E-state index in [1.165, 1.54) is 30.6 Å². The van der Waals surface area contributed by atoms with Gasteiger partial charge in [0, 0.05) is 30.0 Å². The van der Waals surface area contributed by atoms with E-state index >= 15 is 0 Å². The second-order valence-electron chi connectivity index (χ2n) is 4.57. The van der Waals surface area contributed by atoms with Crippen molar-refractivity contribution in [1.29, 1.82) is 0 Å². The molecule has 0 aliphatic rings. The summed E-state index contributed by atoms with van der Waals surface area (Å²) >= 11 is 1.49. The van der Waals surface area contributed by atoms with E-state index in [4.69, 9.17) is 4.74 Å². The van der Waals surface area contributed by atoms with Gasteiger partial charge in [-0.15, -0.1) is 11.3 Å². The molecule has 1 aromatic heterocycles. The van der Waals surface area contributed by atoms with E-state index in [9.17, 15) is 14.9 Å². The van der Waals surface area contributed by atoms with Crippen molar-refractivity contribution in [3.05, 3.63) is 50.0 Å². The molecule has 0 aliphatic heterocycles. The minimum Gasteiger partial charge on any atom is -0.496 e. The highest BCUT2D eigenvalue weighted by Crippen LogP contribution is 2.29. The van der Waals surface area contributed by atoms with Crippen LogP contribution in [0.2, 0.25) is 0 Å². The molecule has 22 heavy (non-hydrogen) atoms. The molecule has 0 bridgehead atoms. The van der Waals surface area contributed by atoms with Gasteiger partial charge in [-0.2, -0.15) is 0 Å². The molecular weight excluding hydrogens is 306 g/mol. The molecule has 1 N–H and O–H groups in total. The SMILES string of the molecule is COc1cc(C(=O)NCCc2cscn2)cc([N+](=O)[O-])c1C. The standard InChI is InChI=1S/C14H15N3O4S/c1-9-12(17(19)20)5-10(6-13(9)21-2)14(18)15-4-3-11-7-22-8-16-11/h5-8H,3-4H2,1-2H3,(H,15,18). The minimum atomic E-state index is -0.524. The third-order valence-electron chi connectivity index (χ3n) is 3.16. The molecule has 8 heteroatoms. The quantitative estimate of drug-likeness (QED) is 0.651. The lowest BCUT2D eigenvalue weighted by Gasteiger charge is -2.09. The van der Waals surface area contributed by atoms with Crippen molar-refractivity contribution < 1.29 is 14.5 Å². The summed E-state index contributed by atoms with van der Waals surface area (Å²) in [4.78, 5) is 26.8. The average molecular weight is 321 g/mol. The molecule has 1 amide bonds. The monoisotopic (exact) mass is 321 g/mol. The summed E-state index contributed by atoms with van der Waals surface area (Å²) in [5.74, 6) is -0.0597. The van der Waals surface area contributed by atoms with Crippen LogP contribution in [0.25, 0.3) is 0 Å². The molecule has 2 aromatic rings. The van der Waals surface area contributed by atoms with Gasteiger partial charge in [-0.3, -0.25) is 14.9 Å². The molecular formula is C14H15N3O4S. The Balaban J connectivity index is 2.11. The van der Waals surface area contributed by atoms with Crippen LogP contribution < -0.4 is 10.1 Å². The zero-order valence-corrected chi connectivity index (χ0v) is 13.0. The number of methoxy groups -OCH3 is 1. The van der Waals surface area contributed by atoms with Crippen molar-refractivity contribution in [2.75, 3.05) is 13.7 Å². The number of amides is 1. The van der Waals surface area contributed by atoms with Crippen LogP contribution in [0, 0.1) is 17.0 Å². The lowest BCUT2D eigenvalue weighted by atomic mass is 10.1. The fourth-order valence-corrected chi connectivity index (χ4v) is 2.57. The molecule has 0 aliphatic carbocycles. The fourth-order valence-electron chi connectivity index (χ4n) is 1.97. The summed E-state index contributed by atoms with van der Waals surface area (Å²) < 4.78 is 5.10. The topological polar surface area (TPSA) is 94.4 Å². The zero-order chi connectivity index (χ0) is 16.1. The predicted molar refractivity (Wildman–Crippen MR) is 82.5 cm³/mol. The van der Waals surface area contributed by atoms with Crippen molar-refractivity contribution >= 4 is 22.9 Å². The van der Waals surface area contributed by atoms with Crippen LogP contribution >= 0.6 is 11.3 Å². The lowest BCUT2D eigenvalue weighted by molar-refractivity contribution is -0.385. The molecule has 0 unspecified atom stereocenters. The number of nitrogens with one attached hydrogen (secondary N) is 1. The van der Waals surface area contributed by atoms with Crippen LogP contribution in [0.4, 0.5) is 5.69 Å². The van der Waals surface area contributed by atoms with Gasteiger partial charge in [-0.25, -0.2) is 4.98 Å². The van der Waals surface area contributed by atoms with Crippen molar-refractivity contribution in [2.24, 2.45) is 0 Å². The van der Waals surface area contributed by atoms with E-state index in [2.05, 4.69) is 10.3 Å². The Hall–Kier alpha value is -2.48. The number of rotatable bonds is 6. The molecule has 0 saturated heterocycles. The second kappa shape index (κ2) is 6.99. The molecule has 7 nitrogen and oxygen atoms in total. The van der Waals surface area contributed by atoms with Crippen molar-refractivity contribution in [3.63, 3.8) is 0 Å². The molecule has 0 spiro atoms. The van der Waals surface area contributed by atoms with Gasteiger partial charge in [0.25, 0.3) is 11.6 Å². The number of hydrogen-bond donors (Lipinski definition) is 1. The van der Waals surface area contributed by atoms with Crippen molar-refractivity contribution in [2.45, 2.75) is 13.3 Å². The molecule has 1 aromatic carbocycles. The average Bonchev–Trinajstić information content (AvgIpc) is 3.00. The van der Waals surface area contributed by atoms with Crippen LogP contribution in [0.5, 0.6) is 5.75 Å². The van der Waals surface area contributed by atoms with Crippen LogP contribution in [0.1, 0.15) is 21.6 Å². The molecule has 116 valence electrons. The van der Waals surface area contributed by atoms with Gasteiger partial charge in [0.05, 0.1) is 28.8 Å². The third kappa shape index (κ3) is 3.59. The molecule has 2 rings (SSSR count). The largest absolute Gasteiger partial charge is 0.496 e. The van der Waals surface area contributed by atoms with Gasteiger partial charge in [0.2, 0.25) is 0 Å². The number of carbonyl (C=O) groups is 1. The highest BCUT2D eigenvalue weighted by molar-refractivity contribution is 7.07. The summed E-state index contributed by atoms with van der Waals surface area (Å²) in [6, 6.07) is 2.76. The minimum absolute atomic E-state index is 0.135. The maximum Gasteiger partial charge on any atom is 0.276 e. The highest BCUT2D eigenvalue weighted by Gasteiger charge is 2.19. The number of aromatic nitrogens is 1. The van der Waals surface area contributed by atoms with E-state index in [0.717, 1.165) is 5.69 Å². The predicted octanol–water partition coefficient (Wildman–Crippen LogP) is 2.34. The van der Waals surface area contributed by atoms with E-state index < -0.39 is 4.92 Å². The van der Waals surface area contributed by atoms with Gasteiger partial charge < -0.3 is 10.1 Å². The smallest absolute Gasteiger partial charge is 0.276 e. The summed E-state index contributed by atoms with van der Waals surface area (Å²) in [6.07, 6.45) is 0.611. The first-order chi connectivity index (χ1) is 10.5. The number of nitro groups is 1. The Morgan fingerprint density at radius 3 is 2.86 bits per heavy atom. The van der Waals surface area contributed by atoms with Gasteiger partial charge in [-0.1, -0.05) is 0 Å². The number of nitro benzene ring substituents is 1. The Labute approximate surface area is 131 Å². The Morgan fingerprint density at radius 2 is 2.27 bits per heavy atom. The van der Waals surface area contributed by atoms with Gasteiger partial charge in [0.15, 0.2) is 0 Å². The zero-order valence-electron chi connectivity index (χ0n) is 12.2. The Morgan fingerprint density at radius 1 is 1.50 bits per heavy atom. The number of thiazole rings is 1. The maximum atomic E-state index is 12.1. The number of benzene rings is 1. The maximum absolute atomic E-state index is 12.1. The fraction of sp³-hybridized carbons (Fsp3) is 0.286. The summed E-state index contributed by atoms with van der Waals surface area (Å²) in [6.45, 7) is 1.99. The highest BCUT2D eigenvalue weighted by atomic mass is 32.1. The Kier molecular flexibility index (Phi) is 5.05. The summed E-state index contributed by atoms with van der Waals surface area (Å²) in [7, 11) is 1.41. The third-order valence-corrected chi connectivity index (χ3v) is 3.80. The molecule has 1 heterocycles. The van der Waals surface area contributed by atoms with Crippen molar-refractivity contribution in [1.82, 2.24) is 10.3 Å². The van der Waals surface area contributed by atoms with E-state index in [1.807, 2.05) is 5.38 Å². The molecule has 0 fully saturated rings. The number of ether oxygens (including phenoxy) is 1. The van der Waals surface area contributed by atoms with Gasteiger partial charge in [0.1, 0.15) is 5.75 Å². The molecule has 0 atom stereocenters. The van der Waals surface area contributed by atoms with E-state index in [0.29, 0.717) is 24.3 Å². The van der Waals surface area contributed by atoms with Crippen LogP contribution in [-0.2, 0) is 6.42 Å². The molecule has 0 radical (unpaired) electrons. The Bertz CT molecular complexity index is 686. The summed E-state index contributed by atoms with van der Waals surface area (Å²) in [5.41, 5.74) is 3.09. The molecule has 0 saturated carbocycles. The lowest BCUT2D eigenvalue weighted by Crippen LogP contribution is -2.26. The number of carbonyl (C=O) groups excluding carboxylic acids is 1. The normalized spacial score (nSPS) is 10.3. The number of nitrogens with zero attached hydrogens (tertiary/aromatic N) is 2. The van der Waals surface area contributed by atoms with E-state index in [1.54, 1.807) is 12.4 Å². The van der Waals surface area contributed by atoms with E-state index in [-0.39, 0.29) is 17.2 Å². The first-order valence-electron chi connectivity index (χ1n) is 6.51. The first-order valence-corrected chi connectivity index (χ1v) is 7.45.